The first-order chi connectivity index (χ1) is 13.7. The van der Waals surface area contributed by atoms with Gasteiger partial charge in [-0.1, -0.05) is 56.3 Å². The van der Waals surface area contributed by atoms with Crippen molar-refractivity contribution in [1.29, 1.82) is 0 Å². The number of carbonyl (C=O) groups is 2. The van der Waals surface area contributed by atoms with E-state index < -0.39 is 5.41 Å². The minimum absolute atomic E-state index is 0.121. The van der Waals surface area contributed by atoms with Crippen LogP contribution in [0, 0.1) is 0 Å². The molecule has 150 valence electrons. The average molecular weight is 383 g/mol. The van der Waals surface area contributed by atoms with Gasteiger partial charge in [0.25, 0.3) is 0 Å². The summed E-state index contributed by atoms with van der Waals surface area (Å²) < 4.78 is 9.80. The molecule has 1 spiro atoms. The number of rotatable bonds is 3. The van der Waals surface area contributed by atoms with E-state index in [2.05, 4.69) is 4.74 Å². The van der Waals surface area contributed by atoms with E-state index in [1.165, 1.54) is 0 Å². The molecule has 0 N–H and O–H groups in total. The van der Waals surface area contributed by atoms with Gasteiger partial charge in [0.2, 0.25) is 5.91 Å². The zero-order valence-electron chi connectivity index (χ0n) is 17.1. The molecule has 1 amide bonds. The Labute approximate surface area is 167 Å². The molecule has 1 saturated heterocycles. The van der Waals surface area contributed by atoms with Crippen LogP contribution in [0.25, 0.3) is 0 Å². The summed E-state index contributed by atoms with van der Waals surface area (Å²) >= 11 is 0. The topological polar surface area (TPSA) is 55.8 Å². The van der Waals surface area contributed by atoms with Crippen LogP contribution < -0.4 is 4.90 Å². The Bertz CT molecular complexity index is 779. The van der Waals surface area contributed by atoms with E-state index in [-0.39, 0.29) is 5.91 Å². The Hall–Kier alpha value is -2.50. The summed E-state index contributed by atoms with van der Waals surface area (Å²) in [6.45, 7) is 5.60. The standard InChI is InChI=1S/C19H17NO3.C2H6O.C2H6/c21-12-15-7-5-14(6-8-15)11-20-17-4-2-1-3-16(17)19(18(20)22)9-10-23-13-19;1-3-2;1-2/h1-8,12H,9-11,13H2;1-2H3;1-2H3. The van der Waals surface area contributed by atoms with Gasteiger partial charge in [-0.2, -0.15) is 0 Å². The summed E-state index contributed by atoms with van der Waals surface area (Å²) in [5.41, 5.74) is 3.19. The van der Waals surface area contributed by atoms with Crippen LogP contribution in [0.3, 0.4) is 0 Å². The Kier molecular flexibility index (Phi) is 7.91. The van der Waals surface area contributed by atoms with Crippen molar-refractivity contribution in [2.24, 2.45) is 0 Å². The number of amides is 1. The first-order valence-electron chi connectivity index (χ1n) is 9.60. The minimum Gasteiger partial charge on any atom is -0.388 e. The van der Waals surface area contributed by atoms with E-state index in [1.54, 1.807) is 26.4 Å². The van der Waals surface area contributed by atoms with E-state index in [9.17, 15) is 9.59 Å². The molecule has 1 atom stereocenters. The van der Waals surface area contributed by atoms with Crippen LogP contribution in [0.4, 0.5) is 5.69 Å². The second kappa shape index (κ2) is 10.2. The number of methoxy groups -OCH3 is 1. The number of ether oxygens (including phenoxy) is 2. The normalized spacial score (nSPS) is 19.4. The molecule has 1 fully saturated rings. The highest BCUT2D eigenvalue weighted by Gasteiger charge is 2.52. The molecule has 0 aromatic heterocycles. The first kappa shape index (κ1) is 21.8. The van der Waals surface area contributed by atoms with E-state index in [0.29, 0.717) is 25.3 Å². The number of fused-ring (bicyclic) bond motifs is 2. The molecular formula is C23H29NO4. The molecule has 4 rings (SSSR count). The minimum atomic E-state index is -0.515. The third-order valence-corrected chi connectivity index (χ3v) is 4.84. The van der Waals surface area contributed by atoms with Crippen LogP contribution in [0.1, 0.15) is 41.8 Å². The van der Waals surface area contributed by atoms with Gasteiger partial charge < -0.3 is 14.4 Å². The van der Waals surface area contributed by atoms with Gasteiger partial charge in [-0.25, -0.2) is 0 Å². The first-order valence-corrected chi connectivity index (χ1v) is 9.60. The van der Waals surface area contributed by atoms with Crippen molar-refractivity contribution in [2.75, 3.05) is 32.3 Å². The molecule has 5 nitrogen and oxygen atoms in total. The second-order valence-corrected chi connectivity index (χ2v) is 6.56. The molecule has 2 aromatic carbocycles. The lowest BCUT2D eigenvalue weighted by Crippen LogP contribution is -2.40. The van der Waals surface area contributed by atoms with Gasteiger partial charge in [-0.15, -0.1) is 0 Å². The van der Waals surface area contributed by atoms with Gasteiger partial charge >= 0.3 is 0 Å². The summed E-state index contributed by atoms with van der Waals surface area (Å²) in [6, 6.07) is 15.3. The van der Waals surface area contributed by atoms with E-state index in [4.69, 9.17) is 4.74 Å². The fourth-order valence-corrected chi connectivity index (χ4v) is 3.58. The molecule has 2 aliphatic rings. The van der Waals surface area contributed by atoms with Crippen molar-refractivity contribution in [2.45, 2.75) is 32.2 Å². The molecule has 0 aliphatic carbocycles. The van der Waals surface area contributed by atoms with E-state index in [0.717, 1.165) is 29.5 Å². The lowest BCUT2D eigenvalue weighted by atomic mass is 9.81. The van der Waals surface area contributed by atoms with Gasteiger partial charge in [-0.05, 0) is 23.6 Å². The number of aldehydes is 1. The smallest absolute Gasteiger partial charge is 0.240 e. The number of para-hydroxylation sites is 1. The van der Waals surface area contributed by atoms with Crippen LogP contribution in [-0.4, -0.2) is 39.6 Å². The summed E-state index contributed by atoms with van der Waals surface area (Å²) in [7, 11) is 3.25. The molecule has 28 heavy (non-hydrogen) atoms. The second-order valence-electron chi connectivity index (χ2n) is 6.56. The van der Waals surface area contributed by atoms with Crippen LogP contribution in [0.5, 0.6) is 0 Å². The molecule has 0 radical (unpaired) electrons. The Morgan fingerprint density at radius 3 is 2.32 bits per heavy atom. The summed E-state index contributed by atoms with van der Waals surface area (Å²) in [6.07, 6.45) is 1.56. The van der Waals surface area contributed by atoms with Crippen LogP contribution >= 0.6 is 0 Å². The van der Waals surface area contributed by atoms with Gasteiger partial charge in [0.15, 0.2) is 0 Å². The van der Waals surface area contributed by atoms with Crippen molar-refractivity contribution in [1.82, 2.24) is 0 Å². The fourth-order valence-electron chi connectivity index (χ4n) is 3.58. The van der Waals surface area contributed by atoms with Gasteiger partial charge in [0.05, 0.1) is 13.2 Å². The lowest BCUT2D eigenvalue weighted by Gasteiger charge is -2.22. The number of carbonyl (C=O) groups excluding carboxylic acids is 2. The lowest BCUT2D eigenvalue weighted by molar-refractivity contribution is -0.123. The highest BCUT2D eigenvalue weighted by molar-refractivity contribution is 6.08. The van der Waals surface area contributed by atoms with Crippen LogP contribution in [0.2, 0.25) is 0 Å². The van der Waals surface area contributed by atoms with E-state index >= 15 is 0 Å². The maximum atomic E-state index is 13.1. The number of hydrogen-bond acceptors (Lipinski definition) is 4. The molecule has 1 unspecified atom stereocenters. The highest BCUT2D eigenvalue weighted by Crippen LogP contribution is 2.46. The number of nitrogens with zero attached hydrogens (tertiary/aromatic N) is 1. The maximum Gasteiger partial charge on any atom is 0.240 e. The summed E-state index contributed by atoms with van der Waals surface area (Å²) in [5, 5.41) is 0. The average Bonchev–Trinajstić information content (AvgIpc) is 3.32. The van der Waals surface area contributed by atoms with Gasteiger partial charge in [-0.3, -0.25) is 9.59 Å². The highest BCUT2D eigenvalue weighted by atomic mass is 16.5. The molecule has 2 aliphatic heterocycles. The largest absolute Gasteiger partial charge is 0.388 e. The fraction of sp³-hybridized carbons (Fsp3) is 0.391. The Morgan fingerprint density at radius 2 is 1.75 bits per heavy atom. The van der Waals surface area contributed by atoms with Crippen molar-refractivity contribution in [3.05, 3.63) is 65.2 Å². The predicted molar refractivity (Wildman–Crippen MR) is 111 cm³/mol. The van der Waals surface area contributed by atoms with Crippen molar-refractivity contribution >= 4 is 17.9 Å². The molecule has 2 heterocycles. The molecular weight excluding hydrogens is 354 g/mol. The Morgan fingerprint density at radius 1 is 1.11 bits per heavy atom. The summed E-state index contributed by atoms with van der Waals surface area (Å²) in [5.74, 6) is 0.121. The number of hydrogen-bond donors (Lipinski definition) is 0. The molecule has 0 saturated carbocycles. The Balaban J connectivity index is 0.000000514. The van der Waals surface area contributed by atoms with E-state index in [1.807, 2.05) is 55.1 Å². The van der Waals surface area contributed by atoms with Crippen molar-refractivity contribution < 1.29 is 19.1 Å². The molecule has 5 heteroatoms. The van der Waals surface area contributed by atoms with Crippen LogP contribution in [0.15, 0.2) is 48.5 Å². The SMILES string of the molecule is CC.COC.O=Cc1ccc(CN2C(=O)C3(CCOC3)c3ccccc32)cc1. The monoisotopic (exact) mass is 383 g/mol. The number of benzene rings is 2. The zero-order valence-corrected chi connectivity index (χ0v) is 17.1. The van der Waals surface area contributed by atoms with Crippen LogP contribution in [-0.2, 0) is 26.2 Å². The zero-order chi connectivity index (χ0) is 20.6. The molecule has 0 bridgehead atoms. The summed E-state index contributed by atoms with van der Waals surface area (Å²) in [4.78, 5) is 25.7. The van der Waals surface area contributed by atoms with Gasteiger partial charge in [0.1, 0.15) is 11.7 Å². The van der Waals surface area contributed by atoms with Crippen molar-refractivity contribution in [3.8, 4) is 0 Å². The quantitative estimate of drug-likeness (QED) is 0.752. The van der Waals surface area contributed by atoms with Crippen molar-refractivity contribution in [3.63, 3.8) is 0 Å². The third kappa shape index (κ3) is 4.16. The molecule has 2 aromatic rings. The maximum absolute atomic E-state index is 13.1. The third-order valence-electron chi connectivity index (χ3n) is 4.84. The predicted octanol–water partition coefficient (Wildman–Crippen LogP) is 3.99. The number of anilines is 1. The van der Waals surface area contributed by atoms with Gasteiger partial charge in [0, 0.05) is 32.1 Å².